The summed E-state index contributed by atoms with van der Waals surface area (Å²) in [5.74, 6) is -0.466. The van der Waals surface area contributed by atoms with Crippen LogP contribution in [-0.2, 0) is 15.6 Å². The normalized spacial score (nSPS) is 22.8. The quantitative estimate of drug-likeness (QED) is 0.406. The van der Waals surface area contributed by atoms with Gasteiger partial charge in [0.05, 0.1) is 10.8 Å². The minimum absolute atomic E-state index is 0.0955. The summed E-state index contributed by atoms with van der Waals surface area (Å²) in [5.41, 5.74) is 1.63. The summed E-state index contributed by atoms with van der Waals surface area (Å²) < 4.78 is 59.0. The Morgan fingerprint density at radius 2 is 1.68 bits per heavy atom. The van der Waals surface area contributed by atoms with Crippen molar-refractivity contribution < 1.29 is 36.9 Å². The van der Waals surface area contributed by atoms with Gasteiger partial charge in [0.15, 0.2) is 0 Å². The summed E-state index contributed by atoms with van der Waals surface area (Å²) >= 11 is 0. The molecule has 2 unspecified atom stereocenters. The second-order valence-electron chi connectivity index (χ2n) is 8.73. The molecule has 0 bridgehead atoms. The van der Waals surface area contributed by atoms with Gasteiger partial charge in [-0.2, -0.15) is 0 Å². The van der Waals surface area contributed by atoms with Crippen molar-refractivity contribution in [3.05, 3.63) is 48.5 Å². The summed E-state index contributed by atoms with van der Waals surface area (Å²) in [6, 6.07) is 11.3. The van der Waals surface area contributed by atoms with E-state index < -0.39 is 27.8 Å². The number of carbonyl (C=O) groups excluding carboxylic acids is 1. The lowest BCUT2D eigenvalue weighted by atomic mass is 9.77. The number of nitrogens with one attached hydrogen (secondary N) is 2. The molecular formula is C23H25F3N2O5S. The van der Waals surface area contributed by atoms with Crippen LogP contribution in [0.1, 0.15) is 32.1 Å². The predicted octanol–water partition coefficient (Wildman–Crippen LogP) is 4.28. The Bertz CT molecular complexity index is 1060. The third-order valence-electron chi connectivity index (χ3n) is 6.57. The van der Waals surface area contributed by atoms with Gasteiger partial charge < -0.3 is 14.8 Å². The van der Waals surface area contributed by atoms with Crippen LogP contribution in [0.4, 0.5) is 13.2 Å². The first kappa shape index (κ1) is 24.5. The number of alkyl halides is 3. The Balaban J connectivity index is 1.54. The second kappa shape index (κ2) is 9.55. The fourth-order valence-corrected chi connectivity index (χ4v) is 6.71. The van der Waals surface area contributed by atoms with Gasteiger partial charge in [-0.1, -0.05) is 6.07 Å². The fraction of sp³-hybridized carbons (Fsp3) is 0.435. The highest BCUT2D eigenvalue weighted by Gasteiger charge is 2.56. The van der Waals surface area contributed by atoms with Crippen LogP contribution in [0.2, 0.25) is 0 Å². The molecular weight excluding hydrogens is 473 g/mol. The van der Waals surface area contributed by atoms with Gasteiger partial charge in [0.2, 0.25) is 0 Å². The lowest BCUT2D eigenvalue weighted by molar-refractivity contribution is -0.274. The largest absolute Gasteiger partial charge is 0.573 e. The number of hydroxylamine groups is 1. The SMILES string of the molecule is O=C(NO)C1(S(=O)c2cccc(Oc3ccc(OC(F)(F)F)cc3)c2)CCC2(CCNCC2)C1. The van der Waals surface area contributed by atoms with Crippen molar-refractivity contribution in [1.29, 1.82) is 0 Å². The molecule has 184 valence electrons. The molecule has 1 spiro atoms. The van der Waals surface area contributed by atoms with Gasteiger partial charge >= 0.3 is 6.36 Å². The minimum atomic E-state index is -4.79. The van der Waals surface area contributed by atoms with Crippen LogP contribution in [0, 0.1) is 5.41 Å². The van der Waals surface area contributed by atoms with Gasteiger partial charge in [0.25, 0.3) is 5.91 Å². The molecule has 1 amide bonds. The number of carbonyl (C=O) groups is 1. The minimum Gasteiger partial charge on any atom is -0.457 e. The predicted molar refractivity (Wildman–Crippen MR) is 117 cm³/mol. The van der Waals surface area contributed by atoms with Crippen molar-refractivity contribution in [2.45, 2.75) is 48.1 Å². The van der Waals surface area contributed by atoms with E-state index in [0.29, 0.717) is 23.5 Å². The smallest absolute Gasteiger partial charge is 0.457 e. The van der Waals surface area contributed by atoms with E-state index in [1.54, 1.807) is 23.7 Å². The van der Waals surface area contributed by atoms with E-state index in [4.69, 9.17) is 4.74 Å². The highest BCUT2D eigenvalue weighted by Crippen LogP contribution is 2.53. The number of halogens is 3. The lowest BCUT2D eigenvalue weighted by Gasteiger charge is -2.36. The van der Waals surface area contributed by atoms with Gasteiger partial charge in [0.1, 0.15) is 22.0 Å². The first-order valence-corrected chi connectivity index (χ1v) is 12.0. The van der Waals surface area contributed by atoms with E-state index in [-0.39, 0.29) is 16.9 Å². The summed E-state index contributed by atoms with van der Waals surface area (Å²) in [4.78, 5) is 13.2. The van der Waals surface area contributed by atoms with Gasteiger partial charge in [-0.3, -0.25) is 14.2 Å². The van der Waals surface area contributed by atoms with Crippen LogP contribution in [0.15, 0.2) is 53.4 Å². The molecule has 2 aliphatic rings. The molecule has 2 fully saturated rings. The zero-order valence-electron chi connectivity index (χ0n) is 18.2. The Morgan fingerprint density at radius 1 is 1.00 bits per heavy atom. The van der Waals surface area contributed by atoms with E-state index in [9.17, 15) is 27.4 Å². The monoisotopic (exact) mass is 498 g/mol. The fourth-order valence-electron chi connectivity index (χ4n) is 4.90. The maximum Gasteiger partial charge on any atom is 0.573 e. The second-order valence-corrected chi connectivity index (χ2v) is 10.5. The number of piperidine rings is 1. The van der Waals surface area contributed by atoms with Crippen LogP contribution in [0.25, 0.3) is 0 Å². The van der Waals surface area contributed by atoms with Gasteiger partial charge in [-0.05, 0) is 93.1 Å². The summed E-state index contributed by atoms with van der Waals surface area (Å²) in [5, 5.41) is 12.7. The van der Waals surface area contributed by atoms with Gasteiger partial charge in [-0.25, -0.2) is 5.48 Å². The van der Waals surface area contributed by atoms with Crippen molar-refractivity contribution in [3.63, 3.8) is 0 Å². The molecule has 2 aromatic carbocycles. The molecule has 2 atom stereocenters. The van der Waals surface area contributed by atoms with Crippen molar-refractivity contribution in [3.8, 4) is 17.2 Å². The molecule has 1 saturated carbocycles. The van der Waals surface area contributed by atoms with Gasteiger partial charge in [-0.15, -0.1) is 13.2 Å². The van der Waals surface area contributed by atoms with Crippen molar-refractivity contribution in [1.82, 2.24) is 10.8 Å². The van der Waals surface area contributed by atoms with Crippen LogP contribution < -0.4 is 20.3 Å². The molecule has 11 heteroatoms. The molecule has 4 rings (SSSR count). The number of hydrogen-bond donors (Lipinski definition) is 3. The number of ether oxygens (including phenoxy) is 2. The molecule has 0 radical (unpaired) electrons. The maximum atomic E-state index is 13.7. The number of hydrogen-bond acceptors (Lipinski definition) is 6. The first-order valence-electron chi connectivity index (χ1n) is 10.9. The molecule has 1 heterocycles. The average molecular weight is 499 g/mol. The molecule has 1 aliphatic heterocycles. The first-order chi connectivity index (χ1) is 16.1. The van der Waals surface area contributed by atoms with Crippen molar-refractivity contribution in [2.75, 3.05) is 13.1 Å². The summed E-state index contributed by atoms with van der Waals surface area (Å²) in [6.07, 6.45) is -1.49. The molecule has 34 heavy (non-hydrogen) atoms. The van der Waals surface area contributed by atoms with E-state index in [0.717, 1.165) is 44.5 Å². The van der Waals surface area contributed by atoms with Crippen LogP contribution in [0.5, 0.6) is 17.2 Å². The van der Waals surface area contributed by atoms with Crippen LogP contribution >= 0.6 is 0 Å². The third-order valence-corrected chi connectivity index (χ3v) is 8.49. The van der Waals surface area contributed by atoms with E-state index >= 15 is 0 Å². The number of rotatable bonds is 6. The Kier molecular flexibility index (Phi) is 6.88. The topological polar surface area (TPSA) is 96.9 Å². The zero-order valence-corrected chi connectivity index (χ0v) is 19.0. The third kappa shape index (κ3) is 5.21. The molecule has 3 N–H and O–H groups in total. The van der Waals surface area contributed by atoms with E-state index in [1.807, 2.05) is 0 Å². The van der Waals surface area contributed by atoms with Crippen LogP contribution in [0.3, 0.4) is 0 Å². The van der Waals surface area contributed by atoms with Crippen LogP contribution in [-0.4, -0.2) is 39.5 Å². The molecule has 1 aliphatic carbocycles. The average Bonchev–Trinajstić information content (AvgIpc) is 3.19. The highest BCUT2D eigenvalue weighted by molar-refractivity contribution is 7.87. The number of amides is 1. The summed E-state index contributed by atoms with van der Waals surface area (Å²) in [6.45, 7) is 1.67. The Morgan fingerprint density at radius 3 is 2.32 bits per heavy atom. The standard InChI is InChI=1S/C23H25F3N2O5S/c24-23(25,26)33-17-6-4-16(5-7-17)32-18-2-1-3-19(14-18)34(31)22(20(29)28-30)9-8-21(15-22)10-12-27-13-11-21/h1-7,14,27,30H,8-13,15H2,(H,28,29). The van der Waals surface area contributed by atoms with Crippen molar-refractivity contribution in [2.24, 2.45) is 5.41 Å². The zero-order chi connectivity index (χ0) is 24.4. The maximum absolute atomic E-state index is 13.7. The van der Waals surface area contributed by atoms with E-state index in [2.05, 4.69) is 10.1 Å². The highest BCUT2D eigenvalue weighted by atomic mass is 32.2. The molecule has 2 aromatic rings. The Labute approximate surface area is 197 Å². The number of benzene rings is 2. The summed E-state index contributed by atoms with van der Waals surface area (Å²) in [7, 11) is -1.78. The lowest BCUT2D eigenvalue weighted by Crippen LogP contribution is -2.48. The molecule has 1 saturated heterocycles. The molecule has 0 aromatic heterocycles. The van der Waals surface area contributed by atoms with Crippen molar-refractivity contribution >= 4 is 16.7 Å². The van der Waals surface area contributed by atoms with Gasteiger partial charge in [0, 0.05) is 4.90 Å². The Hall–Kier alpha value is -2.63. The van der Waals surface area contributed by atoms with E-state index in [1.165, 1.54) is 18.2 Å². The molecule has 7 nitrogen and oxygen atoms in total.